The van der Waals surface area contributed by atoms with Crippen LogP contribution in [0, 0.1) is 0 Å². The zero-order valence-electron chi connectivity index (χ0n) is 26.2. The molecule has 45 heavy (non-hydrogen) atoms. The minimum absolute atomic E-state index is 0.0220. The predicted octanol–water partition coefficient (Wildman–Crippen LogP) is 12.1. The van der Waals surface area contributed by atoms with Gasteiger partial charge in [-0.15, -0.1) is 0 Å². The summed E-state index contributed by atoms with van der Waals surface area (Å²) in [5, 5.41) is 5.23. The molecule has 7 aromatic carbocycles. The van der Waals surface area contributed by atoms with Gasteiger partial charge in [-0.3, -0.25) is 0 Å². The summed E-state index contributed by atoms with van der Waals surface area (Å²) >= 11 is 0. The van der Waals surface area contributed by atoms with Crippen molar-refractivity contribution in [3.05, 3.63) is 162 Å². The first-order chi connectivity index (χ1) is 21.8. The fourth-order valence-corrected chi connectivity index (χ4v) is 8.39. The lowest BCUT2D eigenvalue weighted by Gasteiger charge is -2.32. The Morgan fingerprint density at radius 1 is 0.400 bits per heavy atom. The first-order valence-corrected chi connectivity index (χ1v) is 16.0. The van der Waals surface area contributed by atoms with Crippen LogP contribution < -0.4 is 4.90 Å². The van der Waals surface area contributed by atoms with E-state index in [4.69, 9.17) is 0 Å². The average molecular weight is 578 g/mol. The van der Waals surface area contributed by atoms with Crippen molar-refractivity contribution in [1.29, 1.82) is 0 Å². The zero-order valence-corrected chi connectivity index (χ0v) is 26.2. The molecule has 1 nitrogen and oxygen atoms in total. The lowest BCUT2D eigenvalue weighted by molar-refractivity contribution is 0.660. The molecule has 0 unspecified atom stereocenters. The van der Waals surface area contributed by atoms with Crippen LogP contribution in [0.5, 0.6) is 0 Å². The van der Waals surface area contributed by atoms with E-state index in [0.29, 0.717) is 0 Å². The first kappa shape index (κ1) is 26.3. The molecule has 2 aliphatic carbocycles. The Kier molecular flexibility index (Phi) is 5.37. The molecule has 1 heteroatoms. The first-order valence-electron chi connectivity index (χ1n) is 16.0. The molecule has 7 aromatic rings. The number of hydrogen-bond donors (Lipinski definition) is 0. The van der Waals surface area contributed by atoms with E-state index in [1.165, 1.54) is 83.1 Å². The maximum atomic E-state index is 2.48. The van der Waals surface area contributed by atoms with Crippen molar-refractivity contribution in [2.24, 2.45) is 0 Å². The van der Waals surface area contributed by atoms with Crippen LogP contribution in [0.15, 0.2) is 140 Å². The van der Waals surface area contributed by atoms with Crippen LogP contribution in [-0.4, -0.2) is 0 Å². The smallest absolute Gasteiger partial charge is 0.0508 e. The van der Waals surface area contributed by atoms with Crippen LogP contribution in [0.4, 0.5) is 17.1 Å². The lowest BCUT2D eigenvalue weighted by Crippen LogP contribution is -2.21. The van der Waals surface area contributed by atoms with Gasteiger partial charge in [0.1, 0.15) is 0 Å². The van der Waals surface area contributed by atoms with Gasteiger partial charge in [0.2, 0.25) is 0 Å². The molecule has 0 aliphatic heterocycles. The fraction of sp³-hybridized carbons (Fsp3) is 0.136. The molecule has 9 rings (SSSR count). The van der Waals surface area contributed by atoms with Gasteiger partial charge in [0, 0.05) is 22.2 Å². The summed E-state index contributed by atoms with van der Waals surface area (Å²) in [6, 6.07) is 52.0. The Labute approximate surface area is 265 Å². The second kappa shape index (κ2) is 9.19. The molecular formula is C44H35N. The van der Waals surface area contributed by atoms with Gasteiger partial charge in [-0.25, -0.2) is 0 Å². The van der Waals surface area contributed by atoms with Crippen molar-refractivity contribution in [2.75, 3.05) is 4.90 Å². The largest absolute Gasteiger partial charge is 0.310 e. The summed E-state index contributed by atoms with van der Waals surface area (Å²) in [5.41, 5.74) is 14.3. The summed E-state index contributed by atoms with van der Waals surface area (Å²) in [7, 11) is 0. The van der Waals surface area contributed by atoms with Crippen molar-refractivity contribution in [3.8, 4) is 22.3 Å². The molecular weight excluding hydrogens is 542 g/mol. The van der Waals surface area contributed by atoms with E-state index in [9.17, 15) is 0 Å². The van der Waals surface area contributed by atoms with E-state index >= 15 is 0 Å². The second-order valence-corrected chi connectivity index (χ2v) is 13.8. The van der Waals surface area contributed by atoms with Gasteiger partial charge >= 0.3 is 0 Å². The van der Waals surface area contributed by atoms with Gasteiger partial charge in [-0.05, 0) is 109 Å². The van der Waals surface area contributed by atoms with Gasteiger partial charge < -0.3 is 4.90 Å². The molecule has 2 aliphatic rings. The molecule has 0 atom stereocenters. The predicted molar refractivity (Wildman–Crippen MR) is 191 cm³/mol. The summed E-state index contributed by atoms with van der Waals surface area (Å²) in [5.74, 6) is 0. The van der Waals surface area contributed by atoms with Crippen molar-refractivity contribution in [1.82, 2.24) is 0 Å². The van der Waals surface area contributed by atoms with E-state index in [2.05, 4.69) is 172 Å². The van der Waals surface area contributed by atoms with Crippen LogP contribution in [0.2, 0.25) is 0 Å². The Morgan fingerprint density at radius 2 is 1.09 bits per heavy atom. The molecule has 0 fully saturated rings. The molecule has 0 amide bonds. The summed E-state index contributed by atoms with van der Waals surface area (Å²) in [4.78, 5) is 2.48. The highest BCUT2D eigenvalue weighted by Crippen LogP contribution is 2.56. The minimum atomic E-state index is -0.190. The van der Waals surface area contributed by atoms with Gasteiger partial charge in [-0.2, -0.15) is 0 Å². The van der Waals surface area contributed by atoms with Gasteiger partial charge in [0.05, 0.1) is 5.69 Å². The van der Waals surface area contributed by atoms with Gasteiger partial charge in [-0.1, -0.05) is 125 Å². The second-order valence-electron chi connectivity index (χ2n) is 13.8. The van der Waals surface area contributed by atoms with Crippen molar-refractivity contribution >= 4 is 38.6 Å². The summed E-state index contributed by atoms with van der Waals surface area (Å²) in [6.45, 7) is 9.51. The highest BCUT2D eigenvalue weighted by molar-refractivity contribution is 6.10. The number of hydrogen-bond acceptors (Lipinski definition) is 1. The quantitative estimate of drug-likeness (QED) is 0.189. The zero-order chi connectivity index (χ0) is 30.5. The SMILES string of the molecule is CC1(C)c2ccccc2-c2cc(N(c3ccccc3)c3cccc4c3C(C)(C)c3cc5c(ccc6ccccc65)cc3-4)ccc21. The minimum Gasteiger partial charge on any atom is -0.310 e. The third-order valence-electron chi connectivity index (χ3n) is 10.6. The monoisotopic (exact) mass is 577 g/mol. The van der Waals surface area contributed by atoms with Crippen LogP contribution in [-0.2, 0) is 10.8 Å². The van der Waals surface area contributed by atoms with Crippen LogP contribution in [0.3, 0.4) is 0 Å². The van der Waals surface area contributed by atoms with E-state index in [0.717, 1.165) is 0 Å². The molecule has 0 bridgehead atoms. The van der Waals surface area contributed by atoms with Crippen molar-refractivity contribution in [3.63, 3.8) is 0 Å². The van der Waals surface area contributed by atoms with Gasteiger partial charge in [0.25, 0.3) is 0 Å². The van der Waals surface area contributed by atoms with E-state index < -0.39 is 0 Å². The summed E-state index contributed by atoms with van der Waals surface area (Å²) in [6.07, 6.45) is 0. The molecule has 0 saturated carbocycles. The molecule has 0 aromatic heterocycles. The standard InChI is InChI=1S/C44H35N/c1-43(2)38-19-11-10-17-33(38)37-26-31(23-24-39(37)43)45(30-14-6-5-7-15-30)41-20-12-18-34-36-25-29-22-21-28-13-8-9-16-32(28)35(29)27-40(36)44(3,4)42(34)41/h5-27H,1-4H3. The third-order valence-corrected chi connectivity index (χ3v) is 10.6. The Bertz CT molecular complexity index is 2320. The number of anilines is 3. The van der Waals surface area contributed by atoms with Crippen molar-refractivity contribution in [2.45, 2.75) is 38.5 Å². The van der Waals surface area contributed by atoms with Crippen LogP contribution in [0.1, 0.15) is 49.9 Å². The molecule has 0 radical (unpaired) electrons. The highest BCUT2D eigenvalue weighted by Gasteiger charge is 2.40. The molecule has 0 heterocycles. The Morgan fingerprint density at radius 3 is 1.96 bits per heavy atom. The molecule has 216 valence electrons. The molecule has 0 spiro atoms. The Balaban J connectivity index is 1.28. The Hall–Kier alpha value is -5.14. The third kappa shape index (κ3) is 3.61. The number of nitrogens with zero attached hydrogens (tertiary/aromatic N) is 1. The average Bonchev–Trinajstić information content (AvgIpc) is 3.44. The highest BCUT2D eigenvalue weighted by atomic mass is 15.1. The topological polar surface area (TPSA) is 3.24 Å². The van der Waals surface area contributed by atoms with Gasteiger partial charge in [0.15, 0.2) is 0 Å². The van der Waals surface area contributed by atoms with Crippen molar-refractivity contribution < 1.29 is 0 Å². The van der Waals surface area contributed by atoms with E-state index in [-0.39, 0.29) is 10.8 Å². The number of fused-ring (bicyclic) bond motifs is 9. The number of para-hydroxylation sites is 1. The van der Waals surface area contributed by atoms with E-state index in [1.807, 2.05) is 0 Å². The maximum absolute atomic E-state index is 2.48. The normalized spacial score (nSPS) is 15.0. The van der Waals surface area contributed by atoms with E-state index in [1.54, 1.807) is 0 Å². The number of rotatable bonds is 3. The number of benzene rings is 7. The maximum Gasteiger partial charge on any atom is 0.0508 e. The van der Waals surface area contributed by atoms with Crippen LogP contribution >= 0.6 is 0 Å². The summed E-state index contributed by atoms with van der Waals surface area (Å²) < 4.78 is 0. The van der Waals surface area contributed by atoms with Crippen LogP contribution in [0.25, 0.3) is 43.8 Å². The fourth-order valence-electron chi connectivity index (χ4n) is 8.39. The lowest BCUT2D eigenvalue weighted by atomic mass is 9.80. The molecule has 0 N–H and O–H groups in total. The molecule has 0 saturated heterocycles.